The summed E-state index contributed by atoms with van der Waals surface area (Å²) in [6, 6.07) is 11.6. The third-order valence-electron chi connectivity index (χ3n) is 5.94. The van der Waals surface area contributed by atoms with Crippen molar-refractivity contribution >= 4 is 16.9 Å². The van der Waals surface area contributed by atoms with Gasteiger partial charge in [0.05, 0.1) is 17.4 Å². The number of phenolic OH excluding ortho intramolecular Hbond substituents is 1. The second-order valence-corrected chi connectivity index (χ2v) is 7.37. The lowest BCUT2D eigenvalue weighted by Crippen LogP contribution is -2.49. The fraction of sp³-hybridized carbons (Fsp3) is 0.333. The number of likely N-dealkylation sites (tertiary alicyclic amines) is 1. The molecule has 2 aromatic carbocycles. The number of fused-ring (bicyclic) bond motifs is 4. The van der Waals surface area contributed by atoms with Gasteiger partial charge in [-0.1, -0.05) is 6.07 Å². The zero-order valence-corrected chi connectivity index (χ0v) is 14.5. The van der Waals surface area contributed by atoms with Crippen molar-refractivity contribution < 1.29 is 9.90 Å². The first-order chi connectivity index (χ1) is 12.7. The molecular formula is C21H21N3O2. The molecule has 5 heteroatoms. The monoisotopic (exact) mass is 347 g/mol. The molecule has 26 heavy (non-hydrogen) atoms. The van der Waals surface area contributed by atoms with Gasteiger partial charge in [0.25, 0.3) is 5.91 Å². The van der Waals surface area contributed by atoms with Crippen LogP contribution >= 0.6 is 0 Å². The number of aryl methyl sites for hydroxylation is 1. The fourth-order valence-electron chi connectivity index (χ4n) is 4.73. The number of hydrogen-bond acceptors (Lipinski definition) is 3. The van der Waals surface area contributed by atoms with Crippen LogP contribution in [0.15, 0.2) is 42.7 Å². The maximum Gasteiger partial charge on any atom is 0.254 e. The van der Waals surface area contributed by atoms with Crippen molar-refractivity contribution in [2.75, 3.05) is 6.54 Å². The van der Waals surface area contributed by atoms with Crippen molar-refractivity contribution in [3.05, 3.63) is 59.4 Å². The molecule has 1 aromatic heterocycles. The van der Waals surface area contributed by atoms with E-state index < -0.39 is 0 Å². The van der Waals surface area contributed by atoms with Crippen molar-refractivity contribution in [3.8, 4) is 5.75 Å². The highest BCUT2D eigenvalue weighted by Gasteiger charge is 2.38. The molecule has 0 spiro atoms. The summed E-state index contributed by atoms with van der Waals surface area (Å²) in [5, 5.41) is 9.77. The van der Waals surface area contributed by atoms with Crippen LogP contribution in [-0.2, 0) is 6.42 Å². The van der Waals surface area contributed by atoms with Crippen LogP contribution in [-0.4, -0.2) is 38.5 Å². The maximum atomic E-state index is 13.2. The Morgan fingerprint density at radius 1 is 1.19 bits per heavy atom. The number of nitrogens with zero attached hydrogens (tertiary/aromatic N) is 2. The van der Waals surface area contributed by atoms with Crippen LogP contribution in [0.3, 0.4) is 0 Å². The first-order valence-corrected chi connectivity index (χ1v) is 9.26. The number of imidazole rings is 1. The van der Waals surface area contributed by atoms with Crippen molar-refractivity contribution in [1.29, 1.82) is 0 Å². The molecule has 3 aromatic rings. The summed E-state index contributed by atoms with van der Waals surface area (Å²) in [6.45, 7) is 0.812. The van der Waals surface area contributed by atoms with Gasteiger partial charge in [0, 0.05) is 24.1 Å². The van der Waals surface area contributed by atoms with Crippen molar-refractivity contribution in [2.45, 2.75) is 37.6 Å². The van der Waals surface area contributed by atoms with E-state index in [2.05, 4.69) is 14.9 Å². The summed E-state index contributed by atoms with van der Waals surface area (Å²) in [6.07, 6.45) is 5.64. The normalized spacial score (nSPS) is 22.1. The lowest BCUT2D eigenvalue weighted by molar-refractivity contribution is 0.0547. The number of aromatic nitrogens is 2. The molecule has 5 nitrogen and oxygen atoms in total. The second-order valence-electron chi connectivity index (χ2n) is 7.37. The molecule has 2 heterocycles. The Morgan fingerprint density at radius 2 is 2.12 bits per heavy atom. The van der Waals surface area contributed by atoms with Crippen LogP contribution in [0.4, 0.5) is 0 Å². The van der Waals surface area contributed by atoms with Gasteiger partial charge in [-0.2, -0.15) is 0 Å². The van der Waals surface area contributed by atoms with Gasteiger partial charge in [-0.05, 0) is 67.1 Å². The highest BCUT2D eigenvalue weighted by atomic mass is 16.3. The van der Waals surface area contributed by atoms with Crippen LogP contribution in [0.2, 0.25) is 0 Å². The molecule has 1 aliphatic heterocycles. The average Bonchev–Trinajstić information content (AvgIpc) is 3.14. The van der Waals surface area contributed by atoms with Gasteiger partial charge in [0.2, 0.25) is 0 Å². The second kappa shape index (κ2) is 5.87. The Kier molecular flexibility index (Phi) is 3.48. The number of carbonyl (C=O) groups excluding carboxylic acids is 1. The quantitative estimate of drug-likeness (QED) is 0.707. The standard InChI is InChI=1S/C21H21N3O2/c25-15-5-6-16-13(10-15)4-8-20-17(16)2-1-9-24(20)21(26)14-3-7-18-19(11-14)23-12-22-18/h3,5-7,10-12,17,20,25H,1-2,4,8-9H2,(H,22,23)/t17-,20-/m0/s1. The first kappa shape index (κ1) is 15.4. The van der Waals surface area contributed by atoms with Gasteiger partial charge in [0.15, 0.2) is 0 Å². The van der Waals surface area contributed by atoms with E-state index in [0.717, 1.165) is 43.3 Å². The van der Waals surface area contributed by atoms with Gasteiger partial charge in [-0.15, -0.1) is 0 Å². The van der Waals surface area contributed by atoms with Gasteiger partial charge < -0.3 is 15.0 Å². The largest absolute Gasteiger partial charge is 0.508 e. The van der Waals surface area contributed by atoms with Gasteiger partial charge in [-0.25, -0.2) is 4.98 Å². The zero-order valence-electron chi connectivity index (χ0n) is 14.5. The highest BCUT2D eigenvalue weighted by Crippen LogP contribution is 2.42. The Hall–Kier alpha value is -2.82. The number of piperidine rings is 1. The zero-order chi connectivity index (χ0) is 17.7. The maximum absolute atomic E-state index is 13.2. The number of amides is 1. The predicted octanol–water partition coefficient (Wildman–Crippen LogP) is 3.60. The summed E-state index contributed by atoms with van der Waals surface area (Å²) >= 11 is 0. The number of H-pyrrole nitrogens is 1. The van der Waals surface area contributed by atoms with E-state index in [1.165, 1.54) is 11.1 Å². The summed E-state index contributed by atoms with van der Waals surface area (Å²) in [5.74, 6) is 0.802. The molecule has 132 valence electrons. The van der Waals surface area contributed by atoms with E-state index in [1.807, 2.05) is 30.3 Å². The number of aromatic hydroxyl groups is 1. The number of aromatic amines is 1. The van der Waals surface area contributed by atoms with E-state index in [-0.39, 0.29) is 11.9 Å². The Balaban J connectivity index is 1.47. The van der Waals surface area contributed by atoms with E-state index in [1.54, 1.807) is 12.4 Å². The third kappa shape index (κ3) is 2.38. The topological polar surface area (TPSA) is 69.2 Å². The summed E-state index contributed by atoms with van der Waals surface area (Å²) in [4.78, 5) is 22.6. The molecule has 0 unspecified atom stereocenters. The minimum atomic E-state index is 0.104. The van der Waals surface area contributed by atoms with Crippen molar-refractivity contribution in [1.82, 2.24) is 14.9 Å². The summed E-state index contributed by atoms with van der Waals surface area (Å²) in [5.41, 5.74) is 5.03. The Morgan fingerprint density at radius 3 is 3.04 bits per heavy atom. The van der Waals surface area contributed by atoms with Crippen LogP contribution < -0.4 is 0 Å². The number of hydrogen-bond donors (Lipinski definition) is 2. The van der Waals surface area contributed by atoms with E-state index >= 15 is 0 Å². The Bertz CT molecular complexity index is 994. The number of phenols is 1. The highest BCUT2D eigenvalue weighted by molar-refractivity contribution is 5.97. The fourth-order valence-corrected chi connectivity index (χ4v) is 4.73. The first-order valence-electron chi connectivity index (χ1n) is 9.26. The minimum absolute atomic E-state index is 0.104. The smallest absolute Gasteiger partial charge is 0.254 e. The number of carbonyl (C=O) groups is 1. The molecule has 2 N–H and O–H groups in total. The van der Waals surface area contributed by atoms with E-state index in [0.29, 0.717) is 17.2 Å². The SMILES string of the molecule is O=C(c1ccc2[nH]cnc2c1)N1CCC[C@H]2c3ccc(O)cc3CC[C@@H]21. The number of nitrogens with one attached hydrogen (secondary N) is 1. The molecule has 1 fully saturated rings. The average molecular weight is 347 g/mol. The van der Waals surface area contributed by atoms with E-state index in [4.69, 9.17) is 0 Å². The van der Waals surface area contributed by atoms with Crippen LogP contribution in [0, 0.1) is 0 Å². The predicted molar refractivity (Wildman–Crippen MR) is 99.3 cm³/mol. The van der Waals surface area contributed by atoms with Crippen LogP contribution in [0.25, 0.3) is 11.0 Å². The number of rotatable bonds is 1. The lowest BCUT2D eigenvalue weighted by Gasteiger charge is -2.45. The molecule has 1 saturated heterocycles. The molecule has 2 atom stereocenters. The lowest BCUT2D eigenvalue weighted by atomic mass is 9.74. The van der Waals surface area contributed by atoms with Crippen molar-refractivity contribution in [2.24, 2.45) is 0 Å². The van der Waals surface area contributed by atoms with Gasteiger partial charge in [-0.3, -0.25) is 4.79 Å². The molecule has 1 amide bonds. The van der Waals surface area contributed by atoms with Crippen molar-refractivity contribution in [3.63, 3.8) is 0 Å². The molecule has 0 radical (unpaired) electrons. The summed E-state index contributed by atoms with van der Waals surface area (Å²) < 4.78 is 0. The van der Waals surface area contributed by atoms with E-state index in [9.17, 15) is 9.90 Å². The molecule has 0 saturated carbocycles. The summed E-state index contributed by atoms with van der Waals surface area (Å²) in [7, 11) is 0. The third-order valence-corrected chi connectivity index (χ3v) is 5.94. The molecule has 2 aliphatic rings. The van der Waals surface area contributed by atoms with Gasteiger partial charge >= 0.3 is 0 Å². The molecule has 5 rings (SSSR count). The molecule has 1 aliphatic carbocycles. The number of benzene rings is 2. The molecule has 0 bridgehead atoms. The Labute approximate surface area is 151 Å². The van der Waals surface area contributed by atoms with Crippen LogP contribution in [0.1, 0.15) is 46.7 Å². The minimum Gasteiger partial charge on any atom is -0.508 e. The molecular weight excluding hydrogens is 326 g/mol. The van der Waals surface area contributed by atoms with Crippen LogP contribution in [0.5, 0.6) is 5.75 Å². The van der Waals surface area contributed by atoms with Gasteiger partial charge in [0.1, 0.15) is 5.75 Å².